The summed E-state index contributed by atoms with van der Waals surface area (Å²) in [5.74, 6) is 0.128. The lowest BCUT2D eigenvalue weighted by molar-refractivity contribution is 0.0710. The van der Waals surface area contributed by atoms with Crippen molar-refractivity contribution in [2.24, 2.45) is 7.05 Å². The van der Waals surface area contributed by atoms with Gasteiger partial charge in [-0.25, -0.2) is 0 Å². The summed E-state index contributed by atoms with van der Waals surface area (Å²) in [6.07, 6.45) is 4.17. The number of aryl methyl sites for hydroxylation is 1. The number of likely N-dealkylation sites (N-methyl/N-ethyl adjacent to an activating group) is 1. The monoisotopic (exact) mass is 209 g/mol. The Morgan fingerprint density at radius 2 is 2.20 bits per heavy atom. The van der Waals surface area contributed by atoms with Crippen LogP contribution in [0.4, 0.5) is 0 Å². The minimum absolute atomic E-state index is 0.128. The van der Waals surface area contributed by atoms with Crippen LogP contribution in [-0.4, -0.2) is 40.1 Å². The zero-order chi connectivity index (χ0) is 11.6. The lowest BCUT2D eigenvalue weighted by Gasteiger charge is -2.33. The molecule has 0 radical (unpaired) electrons. The van der Waals surface area contributed by atoms with E-state index in [4.69, 9.17) is 0 Å². The molecule has 1 atom stereocenters. The van der Waals surface area contributed by atoms with Crippen molar-refractivity contribution in [3.8, 4) is 0 Å². The predicted octanol–water partition coefficient (Wildman–Crippen LogP) is 1.33. The molecule has 0 aliphatic rings. The number of carbonyl (C=O) groups excluding carboxylic acids is 1. The van der Waals surface area contributed by atoms with Gasteiger partial charge in [-0.3, -0.25) is 14.4 Å². The first-order valence-electron chi connectivity index (χ1n) is 5.12. The van der Waals surface area contributed by atoms with Crippen molar-refractivity contribution >= 4 is 5.78 Å². The van der Waals surface area contributed by atoms with Crippen molar-refractivity contribution < 1.29 is 4.79 Å². The zero-order valence-electron chi connectivity index (χ0n) is 10.1. The van der Waals surface area contributed by atoms with Crippen LogP contribution in [-0.2, 0) is 7.05 Å². The van der Waals surface area contributed by atoms with Crippen LogP contribution in [0, 0.1) is 0 Å². The normalized spacial score (nSPS) is 15.3. The summed E-state index contributed by atoms with van der Waals surface area (Å²) in [6.45, 7) is 3.98. The molecule has 1 aromatic heterocycles. The Bertz CT molecular complexity index is 356. The zero-order valence-corrected chi connectivity index (χ0v) is 10.1. The van der Waals surface area contributed by atoms with Gasteiger partial charge in [-0.05, 0) is 27.4 Å². The van der Waals surface area contributed by atoms with Gasteiger partial charge in [0.15, 0.2) is 5.78 Å². The summed E-state index contributed by atoms with van der Waals surface area (Å²) >= 11 is 0. The molecule has 1 unspecified atom stereocenters. The van der Waals surface area contributed by atoms with Gasteiger partial charge in [0, 0.05) is 13.2 Å². The van der Waals surface area contributed by atoms with E-state index in [1.807, 2.05) is 39.9 Å². The van der Waals surface area contributed by atoms with Crippen LogP contribution in [0.1, 0.15) is 30.6 Å². The Balaban J connectivity index is 3.02. The van der Waals surface area contributed by atoms with Gasteiger partial charge in [-0.1, -0.05) is 6.92 Å². The third-order valence-electron chi connectivity index (χ3n) is 3.13. The molecule has 15 heavy (non-hydrogen) atoms. The number of hydrogen-bond acceptors (Lipinski definition) is 3. The molecule has 1 heterocycles. The predicted molar refractivity (Wildman–Crippen MR) is 59.9 cm³/mol. The Morgan fingerprint density at radius 1 is 1.60 bits per heavy atom. The molecule has 1 rings (SSSR count). The van der Waals surface area contributed by atoms with Gasteiger partial charge in [0.1, 0.15) is 0 Å². The molecule has 0 aromatic carbocycles. The summed E-state index contributed by atoms with van der Waals surface area (Å²) in [5, 5.41) is 4.02. The van der Waals surface area contributed by atoms with Crippen molar-refractivity contribution in [2.45, 2.75) is 25.8 Å². The average Bonchev–Trinajstić information content (AvgIpc) is 2.62. The second kappa shape index (κ2) is 4.14. The van der Waals surface area contributed by atoms with Crippen molar-refractivity contribution in [1.29, 1.82) is 0 Å². The third kappa shape index (κ3) is 2.09. The van der Waals surface area contributed by atoms with E-state index >= 15 is 0 Å². The van der Waals surface area contributed by atoms with Crippen molar-refractivity contribution in [2.75, 3.05) is 14.1 Å². The van der Waals surface area contributed by atoms with E-state index in [-0.39, 0.29) is 5.78 Å². The van der Waals surface area contributed by atoms with Gasteiger partial charge in [0.05, 0.1) is 17.3 Å². The average molecular weight is 209 g/mol. The highest BCUT2D eigenvalue weighted by Crippen LogP contribution is 2.21. The first-order chi connectivity index (χ1) is 6.91. The molecule has 4 heteroatoms. The van der Waals surface area contributed by atoms with Gasteiger partial charge >= 0.3 is 0 Å². The van der Waals surface area contributed by atoms with Crippen LogP contribution >= 0.6 is 0 Å². The lowest BCUT2D eigenvalue weighted by Crippen LogP contribution is -2.47. The Kier molecular flexibility index (Phi) is 3.29. The summed E-state index contributed by atoms with van der Waals surface area (Å²) in [5.41, 5.74) is 0.235. The third-order valence-corrected chi connectivity index (χ3v) is 3.13. The van der Waals surface area contributed by atoms with Crippen LogP contribution in [0.3, 0.4) is 0 Å². The Hall–Kier alpha value is -1.16. The number of hydrogen-bond donors (Lipinski definition) is 0. The first-order valence-corrected chi connectivity index (χ1v) is 5.12. The quantitative estimate of drug-likeness (QED) is 0.702. The van der Waals surface area contributed by atoms with E-state index in [1.165, 1.54) is 0 Å². The molecule has 0 saturated heterocycles. The molecule has 0 aliphatic heterocycles. The van der Waals surface area contributed by atoms with Crippen molar-refractivity contribution in [3.63, 3.8) is 0 Å². The molecule has 1 aromatic rings. The summed E-state index contributed by atoms with van der Waals surface area (Å²) in [7, 11) is 5.67. The fourth-order valence-electron chi connectivity index (χ4n) is 1.53. The maximum atomic E-state index is 12.3. The van der Waals surface area contributed by atoms with E-state index in [0.29, 0.717) is 5.56 Å². The van der Waals surface area contributed by atoms with Crippen LogP contribution in [0.2, 0.25) is 0 Å². The molecule has 0 amide bonds. The number of nitrogens with zero attached hydrogens (tertiary/aromatic N) is 3. The lowest BCUT2D eigenvalue weighted by atomic mass is 9.89. The molecule has 0 bridgehead atoms. The van der Waals surface area contributed by atoms with Gasteiger partial charge in [0.2, 0.25) is 0 Å². The summed E-state index contributed by atoms with van der Waals surface area (Å²) < 4.78 is 1.65. The molecule has 0 saturated carbocycles. The Labute approximate surface area is 90.9 Å². The molecular formula is C11H19N3O. The topological polar surface area (TPSA) is 38.1 Å². The molecule has 0 spiro atoms. The number of ketones is 1. The smallest absolute Gasteiger partial charge is 0.185 e. The summed E-state index contributed by atoms with van der Waals surface area (Å²) in [6, 6.07) is 0. The van der Waals surface area contributed by atoms with Crippen LogP contribution in [0.25, 0.3) is 0 Å². The number of aromatic nitrogens is 2. The molecule has 4 nitrogen and oxygen atoms in total. The van der Waals surface area contributed by atoms with Gasteiger partial charge < -0.3 is 0 Å². The molecular weight excluding hydrogens is 190 g/mol. The fraction of sp³-hybridized carbons (Fsp3) is 0.636. The van der Waals surface area contributed by atoms with Crippen molar-refractivity contribution in [1.82, 2.24) is 14.7 Å². The van der Waals surface area contributed by atoms with Crippen LogP contribution in [0.15, 0.2) is 12.4 Å². The molecule has 0 fully saturated rings. The molecule has 0 N–H and O–H groups in total. The van der Waals surface area contributed by atoms with Gasteiger partial charge in [-0.15, -0.1) is 0 Å². The second-order valence-corrected chi connectivity index (χ2v) is 4.25. The standard InChI is InChI=1S/C11H19N3O/c1-6-11(2,13(3)4)10(15)9-7-12-14(5)8-9/h7-8H,6H2,1-5H3. The number of Topliss-reactive ketones (excluding diaryl/α,β-unsaturated/α-hetero) is 1. The van der Waals surface area contributed by atoms with E-state index in [2.05, 4.69) is 5.10 Å². The van der Waals surface area contributed by atoms with E-state index in [1.54, 1.807) is 17.1 Å². The highest BCUT2D eigenvalue weighted by Gasteiger charge is 2.34. The minimum atomic E-state index is -0.441. The maximum Gasteiger partial charge on any atom is 0.185 e. The van der Waals surface area contributed by atoms with Gasteiger partial charge in [-0.2, -0.15) is 5.10 Å². The maximum absolute atomic E-state index is 12.3. The summed E-state index contributed by atoms with van der Waals surface area (Å²) in [4.78, 5) is 14.2. The largest absolute Gasteiger partial charge is 0.297 e. The van der Waals surface area contributed by atoms with E-state index in [9.17, 15) is 4.79 Å². The first kappa shape index (κ1) is 11.9. The van der Waals surface area contributed by atoms with Crippen LogP contribution < -0.4 is 0 Å². The SMILES string of the molecule is CCC(C)(C(=O)c1cnn(C)c1)N(C)C. The number of carbonyl (C=O) groups is 1. The van der Waals surface area contributed by atoms with E-state index < -0.39 is 5.54 Å². The highest BCUT2D eigenvalue weighted by molar-refractivity contribution is 6.02. The minimum Gasteiger partial charge on any atom is -0.297 e. The highest BCUT2D eigenvalue weighted by atomic mass is 16.1. The molecule has 84 valence electrons. The van der Waals surface area contributed by atoms with Crippen molar-refractivity contribution in [3.05, 3.63) is 18.0 Å². The van der Waals surface area contributed by atoms with Crippen LogP contribution in [0.5, 0.6) is 0 Å². The van der Waals surface area contributed by atoms with Gasteiger partial charge in [0.25, 0.3) is 0 Å². The fourth-order valence-corrected chi connectivity index (χ4v) is 1.53. The molecule has 0 aliphatic carbocycles. The number of rotatable bonds is 4. The Morgan fingerprint density at radius 3 is 2.53 bits per heavy atom. The van der Waals surface area contributed by atoms with E-state index in [0.717, 1.165) is 6.42 Å². The second-order valence-electron chi connectivity index (χ2n) is 4.25.